The molecule has 0 amide bonds. The van der Waals surface area contributed by atoms with E-state index in [-0.39, 0.29) is 6.04 Å². The van der Waals surface area contributed by atoms with Crippen LogP contribution in [0.15, 0.2) is 36.9 Å². The van der Waals surface area contributed by atoms with Crippen LogP contribution in [0, 0.1) is 6.92 Å². The Balaban J connectivity index is 2.09. The highest BCUT2D eigenvalue weighted by Gasteiger charge is 2.11. The van der Waals surface area contributed by atoms with Crippen LogP contribution < -0.4 is 5.73 Å². The number of aromatic amines is 1. The van der Waals surface area contributed by atoms with Gasteiger partial charge in [0.2, 0.25) is 0 Å². The summed E-state index contributed by atoms with van der Waals surface area (Å²) in [5.41, 5.74) is 10.2. The minimum Gasteiger partial charge on any atom is -0.360 e. The number of imidazole rings is 1. The molecular weight excluding hydrogens is 236 g/mol. The predicted molar refractivity (Wildman–Crippen MR) is 78.0 cm³/mol. The molecule has 0 spiro atoms. The summed E-state index contributed by atoms with van der Waals surface area (Å²) in [4.78, 5) is 7.83. The molecule has 4 nitrogen and oxygen atoms in total. The maximum Gasteiger partial charge on any atom is 0.0956 e. The Hall–Kier alpha value is -2.07. The zero-order chi connectivity index (χ0) is 13.4. The van der Waals surface area contributed by atoms with Gasteiger partial charge in [0.1, 0.15) is 0 Å². The Morgan fingerprint density at radius 2 is 2.26 bits per heavy atom. The van der Waals surface area contributed by atoms with E-state index in [1.54, 1.807) is 0 Å². The van der Waals surface area contributed by atoms with E-state index in [0.29, 0.717) is 6.54 Å². The Morgan fingerprint density at radius 3 is 3.05 bits per heavy atom. The monoisotopic (exact) mass is 254 g/mol. The number of rotatable bonds is 3. The third-order valence-corrected chi connectivity index (χ3v) is 3.65. The number of benzene rings is 1. The zero-order valence-corrected chi connectivity index (χ0v) is 11.2. The molecule has 2 heterocycles. The molecule has 3 N–H and O–H groups in total. The molecule has 0 aliphatic rings. The number of nitrogens with two attached hydrogens (primary N) is 1. The second-order valence-electron chi connectivity index (χ2n) is 4.99. The molecule has 3 rings (SSSR count). The van der Waals surface area contributed by atoms with E-state index < -0.39 is 0 Å². The first kappa shape index (κ1) is 12.0. The lowest BCUT2D eigenvalue weighted by molar-refractivity contribution is 0.558. The highest BCUT2D eigenvalue weighted by molar-refractivity contribution is 5.96. The topological polar surface area (TPSA) is 59.6 Å². The maximum absolute atomic E-state index is 5.69. The SMILES string of the molecule is Cc1cccc2c(-c3cn(C(C)CN)cn3)c[nH]c12. The van der Waals surface area contributed by atoms with Crippen molar-refractivity contribution in [3.63, 3.8) is 0 Å². The summed E-state index contributed by atoms with van der Waals surface area (Å²) >= 11 is 0. The standard InChI is InChI=1S/C15H18N4/c1-10-4-3-5-12-13(7-17-15(10)12)14-8-19(9-18-14)11(2)6-16/h3-5,7-9,11,17H,6,16H2,1-2H3. The van der Waals surface area contributed by atoms with E-state index in [4.69, 9.17) is 5.73 Å². The minimum absolute atomic E-state index is 0.271. The van der Waals surface area contributed by atoms with Gasteiger partial charge in [-0.15, -0.1) is 0 Å². The average molecular weight is 254 g/mol. The first-order chi connectivity index (χ1) is 9.20. The molecule has 0 aliphatic heterocycles. The largest absolute Gasteiger partial charge is 0.360 e. The molecule has 4 heteroatoms. The molecule has 3 aromatic rings. The average Bonchev–Trinajstić information content (AvgIpc) is 3.04. The fourth-order valence-electron chi connectivity index (χ4n) is 2.36. The number of para-hydroxylation sites is 1. The van der Waals surface area contributed by atoms with Gasteiger partial charge in [0.25, 0.3) is 0 Å². The summed E-state index contributed by atoms with van der Waals surface area (Å²) in [5.74, 6) is 0. The summed E-state index contributed by atoms with van der Waals surface area (Å²) in [6.07, 6.45) is 5.93. The Labute approximate surface area is 112 Å². The molecule has 0 saturated carbocycles. The van der Waals surface area contributed by atoms with E-state index in [0.717, 1.165) is 11.3 Å². The van der Waals surface area contributed by atoms with E-state index >= 15 is 0 Å². The predicted octanol–water partition coefficient (Wildman–Crippen LogP) is 2.86. The summed E-state index contributed by atoms with van der Waals surface area (Å²) in [7, 11) is 0. The minimum atomic E-state index is 0.271. The van der Waals surface area contributed by atoms with Crippen LogP contribution in [0.5, 0.6) is 0 Å². The summed E-state index contributed by atoms with van der Waals surface area (Å²) < 4.78 is 2.06. The molecule has 2 aromatic heterocycles. The molecule has 0 saturated heterocycles. The fraction of sp³-hybridized carbons (Fsp3) is 0.267. The van der Waals surface area contributed by atoms with Crippen LogP contribution in [-0.4, -0.2) is 21.1 Å². The number of H-pyrrole nitrogens is 1. The van der Waals surface area contributed by atoms with Crippen LogP contribution in [0.25, 0.3) is 22.2 Å². The first-order valence-electron chi connectivity index (χ1n) is 6.51. The van der Waals surface area contributed by atoms with Gasteiger partial charge in [-0.3, -0.25) is 0 Å². The number of hydrogen-bond acceptors (Lipinski definition) is 2. The molecule has 0 aliphatic carbocycles. The second-order valence-corrected chi connectivity index (χ2v) is 4.99. The molecule has 0 fully saturated rings. The van der Waals surface area contributed by atoms with Gasteiger partial charge in [0, 0.05) is 41.4 Å². The third-order valence-electron chi connectivity index (χ3n) is 3.65. The van der Waals surface area contributed by atoms with Gasteiger partial charge < -0.3 is 15.3 Å². The van der Waals surface area contributed by atoms with Crippen molar-refractivity contribution in [2.45, 2.75) is 19.9 Å². The normalized spacial score (nSPS) is 13.0. The lowest BCUT2D eigenvalue weighted by Crippen LogP contribution is -2.14. The number of aryl methyl sites for hydroxylation is 1. The van der Waals surface area contributed by atoms with Crippen molar-refractivity contribution in [3.05, 3.63) is 42.5 Å². The molecule has 19 heavy (non-hydrogen) atoms. The van der Waals surface area contributed by atoms with Gasteiger partial charge >= 0.3 is 0 Å². The lowest BCUT2D eigenvalue weighted by Gasteiger charge is -2.08. The maximum atomic E-state index is 5.69. The smallest absolute Gasteiger partial charge is 0.0956 e. The highest BCUT2D eigenvalue weighted by atomic mass is 15.1. The lowest BCUT2D eigenvalue weighted by atomic mass is 10.1. The Morgan fingerprint density at radius 1 is 1.42 bits per heavy atom. The van der Waals surface area contributed by atoms with Gasteiger partial charge in [0.15, 0.2) is 0 Å². The van der Waals surface area contributed by atoms with Gasteiger partial charge in [0.05, 0.1) is 12.0 Å². The van der Waals surface area contributed by atoms with E-state index in [2.05, 4.69) is 52.8 Å². The van der Waals surface area contributed by atoms with Crippen LogP contribution in [0.1, 0.15) is 18.5 Å². The van der Waals surface area contributed by atoms with E-state index in [1.165, 1.54) is 16.5 Å². The van der Waals surface area contributed by atoms with Gasteiger partial charge in [-0.2, -0.15) is 0 Å². The van der Waals surface area contributed by atoms with Crippen molar-refractivity contribution in [2.75, 3.05) is 6.54 Å². The van der Waals surface area contributed by atoms with Crippen LogP contribution in [0.2, 0.25) is 0 Å². The van der Waals surface area contributed by atoms with E-state index in [9.17, 15) is 0 Å². The van der Waals surface area contributed by atoms with Crippen LogP contribution in [-0.2, 0) is 0 Å². The summed E-state index contributed by atoms with van der Waals surface area (Å²) in [6.45, 7) is 4.81. The van der Waals surface area contributed by atoms with Crippen LogP contribution >= 0.6 is 0 Å². The van der Waals surface area contributed by atoms with Gasteiger partial charge in [-0.05, 0) is 19.4 Å². The number of hydrogen-bond donors (Lipinski definition) is 2. The summed E-state index contributed by atoms with van der Waals surface area (Å²) in [6, 6.07) is 6.58. The number of fused-ring (bicyclic) bond motifs is 1. The molecule has 0 radical (unpaired) electrons. The number of aromatic nitrogens is 3. The quantitative estimate of drug-likeness (QED) is 0.755. The molecule has 1 aromatic carbocycles. The molecule has 1 atom stereocenters. The number of nitrogens with one attached hydrogen (secondary N) is 1. The van der Waals surface area contributed by atoms with Gasteiger partial charge in [-0.1, -0.05) is 18.2 Å². The number of nitrogens with zero attached hydrogens (tertiary/aromatic N) is 2. The molecule has 1 unspecified atom stereocenters. The first-order valence-corrected chi connectivity index (χ1v) is 6.51. The van der Waals surface area contributed by atoms with Crippen molar-refractivity contribution in [3.8, 4) is 11.3 Å². The van der Waals surface area contributed by atoms with Gasteiger partial charge in [-0.25, -0.2) is 4.98 Å². The fourth-order valence-corrected chi connectivity index (χ4v) is 2.36. The van der Waals surface area contributed by atoms with Crippen molar-refractivity contribution in [2.24, 2.45) is 5.73 Å². The second kappa shape index (κ2) is 4.55. The summed E-state index contributed by atoms with van der Waals surface area (Å²) in [5, 5.41) is 1.21. The third kappa shape index (κ3) is 1.94. The Kier molecular flexibility index (Phi) is 2.87. The zero-order valence-electron chi connectivity index (χ0n) is 11.2. The molecular formula is C15H18N4. The van der Waals surface area contributed by atoms with Crippen molar-refractivity contribution >= 4 is 10.9 Å². The van der Waals surface area contributed by atoms with Crippen LogP contribution in [0.3, 0.4) is 0 Å². The Bertz CT molecular complexity index is 708. The molecule has 0 bridgehead atoms. The van der Waals surface area contributed by atoms with Crippen molar-refractivity contribution in [1.82, 2.24) is 14.5 Å². The van der Waals surface area contributed by atoms with Crippen molar-refractivity contribution in [1.29, 1.82) is 0 Å². The highest BCUT2D eigenvalue weighted by Crippen LogP contribution is 2.29. The van der Waals surface area contributed by atoms with Crippen molar-refractivity contribution < 1.29 is 0 Å². The molecule has 98 valence electrons. The van der Waals surface area contributed by atoms with E-state index in [1.807, 2.05) is 12.5 Å². The van der Waals surface area contributed by atoms with Crippen LogP contribution in [0.4, 0.5) is 0 Å².